The number of aromatic nitrogens is 3. The number of nitrogens with one attached hydrogen (secondary N) is 4. The Morgan fingerprint density at radius 3 is 2.75 bits per heavy atom. The van der Waals surface area contributed by atoms with Gasteiger partial charge in [0.2, 0.25) is 5.91 Å². The number of pyridine rings is 1. The van der Waals surface area contributed by atoms with Crippen molar-refractivity contribution >= 4 is 41.0 Å². The number of unbranched alkanes of at least 4 members (excludes halogenated alkanes) is 1. The molecule has 1 fully saturated rings. The summed E-state index contributed by atoms with van der Waals surface area (Å²) in [6, 6.07) is 17.2. The Bertz CT molecular complexity index is 1620. The number of aryl methyl sites for hydroxylation is 1. The van der Waals surface area contributed by atoms with Gasteiger partial charge in [-0.2, -0.15) is 0 Å². The molecule has 0 saturated carbocycles. The zero-order valence-corrected chi connectivity index (χ0v) is 25.4. The smallest absolute Gasteiger partial charge is 0.407 e. The summed E-state index contributed by atoms with van der Waals surface area (Å²) >= 11 is 0. The number of carbonyl (C=O) groups is 2. The fourth-order valence-corrected chi connectivity index (χ4v) is 5.47. The summed E-state index contributed by atoms with van der Waals surface area (Å²) in [4.78, 5) is 42.2. The highest BCUT2D eigenvalue weighted by Crippen LogP contribution is 2.33. The molecule has 1 aliphatic rings. The number of benzene rings is 2. The van der Waals surface area contributed by atoms with E-state index in [1.54, 1.807) is 0 Å². The van der Waals surface area contributed by atoms with Crippen LogP contribution in [0.4, 0.5) is 16.2 Å². The highest BCUT2D eigenvalue weighted by Gasteiger charge is 2.20. The van der Waals surface area contributed by atoms with Crippen molar-refractivity contribution in [2.45, 2.75) is 38.1 Å². The Hall–Kier alpha value is -4.77. The van der Waals surface area contributed by atoms with Gasteiger partial charge in [-0.05, 0) is 87.5 Å². The third-order valence-electron chi connectivity index (χ3n) is 8.03. The average molecular weight is 597 g/mol. The van der Waals surface area contributed by atoms with E-state index in [9.17, 15) is 9.59 Å². The number of nitrogens with zero attached hydrogens (tertiary/aromatic N) is 4. The van der Waals surface area contributed by atoms with Crippen LogP contribution < -0.4 is 16.0 Å². The van der Waals surface area contributed by atoms with Crippen LogP contribution in [0.3, 0.4) is 0 Å². The van der Waals surface area contributed by atoms with E-state index in [1.165, 1.54) is 20.0 Å². The van der Waals surface area contributed by atoms with E-state index in [-0.39, 0.29) is 12.5 Å². The van der Waals surface area contributed by atoms with Crippen LogP contribution >= 0.6 is 0 Å². The fourth-order valence-electron chi connectivity index (χ4n) is 5.47. The summed E-state index contributed by atoms with van der Waals surface area (Å²) in [6.07, 6.45) is 6.03. The molecule has 4 N–H and O–H groups in total. The van der Waals surface area contributed by atoms with E-state index in [0.717, 1.165) is 83.0 Å². The number of hydrogen-bond donors (Lipinski definition) is 4. The first-order valence-corrected chi connectivity index (χ1v) is 15.0. The lowest BCUT2D eigenvalue weighted by atomic mass is 10.0. The molecule has 1 atom stereocenters. The number of likely N-dealkylation sites (N-methyl/N-ethyl adjacent to an activating group) is 1. The van der Waals surface area contributed by atoms with Crippen LogP contribution in [0.2, 0.25) is 0 Å². The van der Waals surface area contributed by atoms with E-state index in [2.05, 4.69) is 90.7 Å². The lowest BCUT2D eigenvalue weighted by Crippen LogP contribution is -2.37. The van der Waals surface area contributed by atoms with Crippen LogP contribution in [0, 0.1) is 0 Å². The Labute approximate surface area is 257 Å². The Balaban J connectivity index is 1.18. The minimum atomic E-state index is -0.628. The van der Waals surface area contributed by atoms with Crippen molar-refractivity contribution in [3.8, 4) is 22.5 Å². The van der Waals surface area contributed by atoms with Gasteiger partial charge in [0, 0.05) is 30.9 Å². The number of imidazole rings is 1. The fraction of sp³-hybridized carbons (Fsp3) is 0.364. The number of fused-ring (bicyclic) bond motifs is 1. The Kier molecular flexibility index (Phi) is 10.2. The van der Waals surface area contributed by atoms with E-state index >= 15 is 0 Å². The van der Waals surface area contributed by atoms with Crippen LogP contribution in [0.1, 0.15) is 31.5 Å². The quantitative estimate of drug-likeness (QED) is 0.127. The SMILES string of the molecule is C=Nc1ccc(-c2ccc3nc(-c4cnc(CCCCNC(=O)CNC(=O)OC)[nH]4)ccc3c2)cc1NCC1CCCN1C. The van der Waals surface area contributed by atoms with Crippen LogP contribution in [0.15, 0.2) is 59.7 Å². The van der Waals surface area contributed by atoms with Gasteiger partial charge in [-0.3, -0.25) is 9.79 Å². The zero-order chi connectivity index (χ0) is 30.9. The van der Waals surface area contributed by atoms with Gasteiger partial charge in [-0.1, -0.05) is 18.2 Å². The van der Waals surface area contributed by atoms with Gasteiger partial charge in [0.15, 0.2) is 0 Å². The molecule has 4 aromatic rings. The summed E-state index contributed by atoms with van der Waals surface area (Å²) in [6.45, 7) is 6.21. The number of hydrogen-bond acceptors (Lipinski definition) is 8. The van der Waals surface area contributed by atoms with Crippen molar-refractivity contribution in [3.05, 3.63) is 60.6 Å². The third kappa shape index (κ3) is 7.78. The molecule has 1 saturated heterocycles. The summed E-state index contributed by atoms with van der Waals surface area (Å²) < 4.78 is 4.45. The van der Waals surface area contributed by atoms with Gasteiger partial charge in [0.25, 0.3) is 0 Å². The number of rotatable bonds is 13. The topological polar surface area (TPSA) is 137 Å². The van der Waals surface area contributed by atoms with Crippen molar-refractivity contribution in [3.63, 3.8) is 0 Å². The molecule has 0 spiro atoms. The third-order valence-corrected chi connectivity index (χ3v) is 8.03. The minimum Gasteiger partial charge on any atom is -0.453 e. The monoisotopic (exact) mass is 596 g/mol. The van der Waals surface area contributed by atoms with Crippen LogP contribution in [-0.4, -0.2) is 84.9 Å². The lowest BCUT2D eigenvalue weighted by molar-refractivity contribution is -0.120. The number of alkyl carbamates (subject to hydrolysis) is 1. The van der Waals surface area contributed by atoms with Crippen molar-refractivity contribution in [2.75, 3.05) is 45.7 Å². The van der Waals surface area contributed by atoms with Crippen LogP contribution in [0.5, 0.6) is 0 Å². The maximum atomic E-state index is 11.7. The van der Waals surface area contributed by atoms with Gasteiger partial charge in [-0.15, -0.1) is 0 Å². The van der Waals surface area contributed by atoms with Crippen molar-refractivity contribution < 1.29 is 14.3 Å². The molecule has 3 heterocycles. The molecule has 2 aromatic heterocycles. The van der Waals surface area contributed by atoms with E-state index in [0.29, 0.717) is 12.6 Å². The normalized spacial score (nSPS) is 14.8. The van der Waals surface area contributed by atoms with Gasteiger partial charge >= 0.3 is 6.09 Å². The molecule has 230 valence electrons. The Morgan fingerprint density at radius 2 is 1.95 bits per heavy atom. The molecule has 0 bridgehead atoms. The first-order valence-electron chi connectivity index (χ1n) is 15.0. The van der Waals surface area contributed by atoms with E-state index in [4.69, 9.17) is 4.98 Å². The molecule has 0 radical (unpaired) electrons. The second kappa shape index (κ2) is 14.6. The number of aliphatic imine (C=N–C) groups is 1. The maximum absolute atomic E-state index is 11.7. The second-order valence-corrected chi connectivity index (χ2v) is 11.0. The van der Waals surface area contributed by atoms with Crippen molar-refractivity contribution in [2.24, 2.45) is 4.99 Å². The van der Waals surface area contributed by atoms with Gasteiger partial charge in [0.05, 0.1) is 48.1 Å². The number of aromatic amines is 1. The second-order valence-electron chi connectivity index (χ2n) is 11.0. The molecule has 2 aromatic carbocycles. The number of carbonyl (C=O) groups excluding carboxylic acids is 2. The number of H-pyrrole nitrogens is 1. The number of amides is 2. The molecule has 44 heavy (non-hydrogen) atoms. The number of methoxy groups -OCH3 is 1. The average Bonchev–Trinajstić information content (AvgIpc) is 3.70. The molecule has 5 rings (SSSR count). The first-order chi connectivity index (χ1) is 21.4. The molecule has 0 aliphatic carbocycles. The summed E-state index contributed by atoms with van der Waals surface area (Å²) in [5, 5.41) is 9.80. The minimum absolute atomic E-state index is 0.105. The van der Waals surface area contributed by atoms with E-state index < -0.39 is 6.09 Å². The van der Waals surface area contributed by atoms with Crippen LogP contribution in [-0.2, 0) is 16.0 Å². The summed E-state index contributed by atoms with van der Waals surface area (Å²) in [5.41, 5.74) is 6.69. The standard InChI is InChI=1S/C33H40N8O3/c1-34-27-13-10-23(18-29(27)36-19-25-7-6-16-41(25)2)22-9-12-26-24(17-22)11-14-28(39-26)30-20-37-31(40-30)8-4-5-15-35-32(42)21-38-33(43)44-3/h9-14,17-18,20,25,36H,1,4-8,15-16,19,21H2,2-3H3,(H,35,42)(H,37,40)(H,38,43). The number of anilines is 1. The molecule has 1 aliphatic heterocycles. The molecular formula is C33H40N8O3. The van der Waals surface area contributed by atoms with Gasteiger partial charge in [-0.25, -0.2) is 14.8 Å². The zero-order valence-electron chi connectivity index (χ0n) is 25.4. The number of ether oxygens (including phenoxy) is 1. The molecule has 11 nitrogen and oxygen atoms in total. The molecule has 11 heteroatoms. The lowest BCUT2D eigenvalue weighted by Gasteiger charge is -2.21. The van der Waals surface area contributed by atoms with Gasteiger partial charge < -0.3 is 30.6 Å². The van der Waals surface area contributed by atoms with Gasteiger partial charge in [0.1, 0.15) is 5.82 Å². The highest BCUT2D eigenvalue weighted by atomic mass is 16.5. The van der Waals surface area contributed by atoms with Crippen molar-refractivity contribution in [1.82, 2.24) is 30.5 Å². The van der Waals surface area contributed by atoms with Crippen LogP contribution in [0.25, 0.3) is 33.4 Å². The van der Waals surface area contributed by atoms with E-state index in [1.807, 2.05) is 18.3 Å². The predicted molar refractivity (Wildman–Crippen MR) is 174 cm³/mol. The molecule has 1 unspecified atom stereocenters. The largest absolute Gasteiger partial charge is 0.453 e. The highest BCUT2D eigenvalue weighted by molar-refractivity contribution is 5.87. The first kappa shape index (κ1) is 30.7. The maximum Gasteiger partial charge on any atom is 0.407 e. The summed E-state index contributed by atoms with van der Waals surface area (Å²) in [5.74, 6) is 0.620. The van der Waals surface area contributed by atoms with Crippen molar-refractivity contribution in [1.29, 1.82) is 0 Å². The molecular weight excluding hydrogens is 556 g/mol. The predicted octanol–water partition coefficient (Wildman–Crippen LogP) is 4.93. The molecule has 2 amide bonds. The Morgan fingerprint density at radius 1 is 1.11 bits per heavy atom. The number of likely N-dealkylation sites (tertiary alicyclic amines) is 1. The summed E-state index contributed by atoms with van der Waals surface area (Å²) in [7, 11) is 3.44.